The van der Waals surface area contributed by atoms with Crippen LogP contribution < -0.4 is 5.32 Å². The zero-order valence-corrected chi connectivity index (χ0v) is 14.8. The van der Waals surface area contributed by atoms with Crippen LogP contribution in [0.1, 0.15) is 32.3 Å². The van der Waals surface area contributed by atoms with Crippen molar-refractivity contribution in [3.63, 3.8) is 0 Å². The summed E-state index contributed by atoms with van der Waals surface area (Å²) in [6, 6.07) is 6.04. The van der Waals surface area contributed by atoms with Crippen LogP contribution in [0.5, 0.6) is 0 Å². The molecular weight excluding hydrogens is 332 g/mol. The van der Waals surface area contributed by atoms with Gasteiger partial charge in [0.15, 0.2) is 0 Å². The summed E-state index contributed by atoms with van der Waals surface area (Å²) in [4.78, 5) is 23.2. The number of hydrogen-bond donors (Lipinski definition) is 2. The van der Waals surface area contributed by atoms with Crippen molar-refractivity contribution in [3.05, 3.63) is 29.8 Å². The molecule has 1 amide bonds. The van der Waals surface area contributed by atoms with Crippen molar-refractivity contribution in [2.24, 2.45) is 5.41 Å². The molecule has 0 spiro atoms. The van der Waals surface area contributed by atoms with E-state index in [9.17, 15) is 18.0 Å². The Morgan fingerprint density at radius 1 is 1.25 bits per heavy atom. The molecule has 1 saturated carbocycles. The molecule has 1 fully saturated rings. The van der Waals surface area contributed by atoms with E-state index < -0.39 is 27.3 Å². The molecule has 2 rings (SSSR count). The van der Waals surface area contributed by atoms with Crippen LogP contribution in [0.15, 0.2) is 29.2 Å². The molecule has 1 aromatic carbocycles. The van der Waals surface area contributed by atoms with Crippen molar-refractivity contribution >= 4 is 21.9 Å². The van der Waals surface area contributed by atoms with Crippen LogP contribution in [0.2, 0.25) is 0 Å². The van der Waals surface area contributed by atoms with Crippen molar-refractivity contribution in [1.29, 1.82) is 0 Å². The lowest BCUT2D eigenvalue weighted by molar-refractivity contribution is -0.149. The number of amides is 1. The van der Waals surface area contributed by atoms with Gasteiger partial charge in [-0.2, -0.15) is 4.31 Å². The lowest BCUT2D eigenvalue weighted by Crippen LogP contribution is -2.36. The van der Waals surface area contributed by atoms with Gasteiger partial charge in [-0.25, -0.2) is 8.42 Å². The highest BCUT2D eigenvalue weighted by atomic mass is 32.2. The van der Waals surface area contributed by atoms with Crippen LogP contribution in [0.4, 0.5) is 0 Å². The summed E-state index contributed by atoms with van der Waals surface area (Å²) < 4.78 is 26.0. The van der Waals surface area contributed by atoms with E-state index >= 15 is 0 Å². The Labute approximate surface area is 141 Å². The van der Waals surface area contributed by atoms with Crippen LogP contribution in [-0.4, -0.2) is 42.8 Å². The van der Waals surface area contributed by atoms with Gasteiger partial charge in [0.05, 0.1) is 4.90 Å². The first-order valence-corrected chi connectivity index (χ1v) is 9.14. The summed E-state index contributed by atoms with van der Waals surface area (Å²) in [5, 5.41) is 11.7. The number of carboxylic acid groups (broad SMARTS) is 1. The van der Waals surface area contributed by atoms with E-state index in [-0.39, 0.29) is 17.5 Å². The second kappa shape index (κ2) is 6.52. The topological polar surface area (TPSA) is 104 Å². The number of carbonyl (C=O) groups excluding carboxylic acids is 1. The normalized spacial score (nSPS) is 16.2. The molecule has 0 bridgehead atoms. The fourth-order valence-corrected chi connectivity index (χ4v) is 3.61. The highest BCUT2D eigenvalue weighted by Crippen LogP contribution is 2.46. The predicted molar refractivity (Wildman–Crippen MR) is 87.7 cm³/mol. The molecule has 1 aromatic rings. The molecule has 0 heterocycles. The molecular formula is C16H22N2O5S. The number of benzene rings is 1. The summed E-state index contributed by atoms with van der Waals surface area (Å²) in [5.41, 5.74) is -0.570. The molecule has 8 heteroatoms. The van der Waals surface area contributed by atoms with E-state index in [0.717, 1.165) is 0 Å². The zero-order chi connectivity index (χ0) is 18.1. The molecule has 0 atom stereocenters. The van der Waals surface area contributed by atoms with Gasteiger partial charge in [0, 0.05) is 19.6 Å². The first kappa shape index (κ1) is 18.4. The second-order valence-electron chi connectivity index (χ2n) is 6.33. The van der Waals surface area contributed by atoms with Gasteiger partial charge in [-0.05, 0) is 44.4 Å². The first-order chi connectivity index (χ1) is 11.1. The van der Waals surface area contributed by atoms with Gasteiger partial charge in [0.1, 0.15) is 5.41 Å². The molecule has 132 valence electrons. The van der Waals surface area contributed by atoms with E-state index in [2.05, 4.69) is 5.32 Å². The van der Waals surface area contributed by atoms with Crippen molar-refractivity contribution in [1.82, 2.24) is 9.62 Å². The highest BCUT2D eigenvalue weighted by Gasteiger charge is 2.56. The number of sulfonamides is 1. The Hall–Kier alpha value is -1.93. The summed E-state index contributed by atoms with van der Waals surface area (Å²) in [6.45, 7) is 3.74. The van der Waals surface area contributed by atoms with Crippen LogP contribution in [-0.2, 0) is 26.2 Å². The molecule has 0 aliphatic heterocycles. The molecule has 0 unspecified atom stereocenters. The minimum atomic E-state index is -3.54. The van der Waals surface area contributed by atoms with Gasteiger partial charge < -0.3 is 10.4 Å². The quantitative estimate of drug-likeness (QED) is 0.716. The number of nitrogens with zero attached hydrogens (tertiary/aromatic N) is 1. The van der Waals surface area contributed by atoms with Gasteiger partial charge in [0.2, 0.25) is 15.9 Å². The average Bonchev–Trinajstić information content (AvgIpc) is 3.34. The summed E-state index contributed by atoms with van der Waals surface area (Å²) in [5.74, 6) is -1.59. The summed E-state index contributed by atoms with van der Waals surface area (Å²) in [6.07, 6.45) is 0.708. The standard InChI is InChI=1S/C16H22N2O5S/c1-11(2)18(3)24(22,23)13-6-4-12(5-7-13)10-17-14(19)16(8-9-16)15(20)21/h4-7,11H,8-10H2,1-3H3,(H,17,19)(H,20,21). The average molecular weight is 354 g/mol. The number of nitrogens with one attached hydrogen (secondary N) is 1. The van der Waals surface area contributed by atoms with Crippen molar-refractivity contribution in [2.45, 2.75) is 44.2 Å². The fourth-order valence-electron chi connectivity index (χ4n) is 2.24. The Bertz CT molecular complexity index is 736. The smallest absolute Gasteiger partial charge is 0.319 e. The maximum atomic E-state index is 12.4. The zero-order valence-electron chi connectivity index (χ0n) is 13.9. The number of hydrogen-bond acceptors (Lipinski definition) is 4. The second-order valence-corrected chi connectivity index (χ2v) is 8.33. The molecule has 1 aliphatic rings. The van der Waals surface area contributed by atoms with Gasteiger partial charge >= 0.3 is 5.97 Å². The van der Waals surface area contributed by atoms with E-state index in [4.69, 9.17) is 5.11 Å². The van der Waals surface area contributed by atoms with E-state index in [1.165, 1.54) is 23.5 Å². The van der Waals surface area contributed by atoms with Crippen molar-refractivity contribution < 1.29 is 23.1 Å². The minimum Gasteiger partial charge on any atom is -0.480 e. The van der Waals surface area contributed by atoms with Crippen LogP contribution >= 0.6 is 0 Å². The molecule has 1 aliphatic carbocycles. The van der Waals surface area contributed by atoms with Crippen LogP contribution in [0.3, 0.4) is 0 Å². The van der Waals surface area contributed by atoms with Gasteiger partial charge in [0.25, 0.3) is 0 Å². The molecule has 7 nitrogen and oxygen atoms in total. The fraction of sp³-hybridized carbons (Fsp3) is 0.500. The number of carboxylic acids is 1. The molecule has 24 heavy (non-hydrogen) atoms. The lowest BCUT2D eigenvalue weighted by atomic mass is 10.1. The predicted octanol–water partition coefficient (Wildman–Crippen LogP) is 1.20. The first-order valence-electron chi connectivity index (χ1n) is 7.70. The lowest BCUT2D eigenvalue weighted by Gasteiger charge is -2.21. The highest BCUT2D eigenvalue weighted by molar-refractivity contribution is 7.89. The SMILES string of the molecule is CC(C)N(C)S(=O)(=O)c1ccc(CNC(=O)C2(C(=O)O)CC2)cc1. The Morgan fingerprint density at radius 3 is 2.21 bits per heavy atom. The molecule has 0 aromatic heterocycles. The third kappa shape index (κ3) is 3.44. The number of aliphatic carboxylic acids is 1. The molecule has 0 saturated heterocycles. The molecule has 2 N–H and O–H groups in total. The Balaban J connectivity index is 2.03. The van der Waals surface area contributed by atoms with Gasteiger partial charge in [-0.1, -0.05) is 12.1 Å². The Morgan fingerprint density at radius 2 is 1.79 bits per heavy atom. The Kier molecular flexibility index (Phi) is 5.00. The van der Waals surface area contributed by atoms with Gasteiger partial charge in [-0.3, -0.25) is 9.59 Å². The van der Waals surface area contributed by atoms with Crippen molar-refractivity contribution in [2.75, 3.05) is 7.05 Å². The maximum absolute atomic E-state index is 12.4. The summed E-state index contributed by atoms with van der Waals surface area (Å²) >= 11 is 0. The van der Waals surface area contributed by atoms with E-state index in [1.807, 2.05) is 0 Å². The van der Waals surface area contributed by atoms with Crippen LogP contribution in [0, 0.1) is 5.41 Å². The number of carbonyl (C=O) groups is 2. The van der Waals surface area contributed by atoms with Crippen LogP contribution in [0.25, 0.3) is 0 Å². The third-order valence-electron chi connectivity index (χ3n) is 4.37. The van der Waals surface area contributed by atoms with E-state index in [0.29, 0.717) is 18.4 Å². The third-order valence-corrected chi connectivity index (χ3v) is 6.42. The number of rotatable bonds is 7. The van der Waals surface area contributed by atoms with E-state index in [1.54, 1.807) is 26.0 Å². The summed E-state index contributed by atoms with van der Waals surface area (Å²) in [7, 11) is -2.02. The minimum absolute atomic E-state index is 0.153. The largest absolute Gasteiger partial charge is 0.480 e. The van der Waals surface area contributed by atoms with Gasteiger partial charge in [-0.15, -0.1) is 0 Å². The maximum Gasteiger partial charge on any atom is 0.319 e. The monoisotopic (exact) mass is 354 g/mol. The van der Waals surface area contributed by atoms with Crippen molar-refractivity contribution in [3.8, 4) is 0 Å². The molecule has 0 radical (unpaired) electrons.